The molecule has 0 bridgehead atoms. The van der Waals surface area contributed by atoms with Crippen molar-refractivity contribution in [2.24, 2.45) is 0 Å². The van der Waals surface area contributed by atoms with Gasteiger partial charge in [-0.3, -0.25) is 14.9 Å². The second-order valence-corrected chi connectivity index (χ2v) is 7.52. The highest BCUT2D eigenvalue weighted by atomic mass is 35.6. The number of anilines is 1. The van der Waals surface area contributed by atoms with Crippen molar-refractivity contribution < 1.29 is 22.9 Å². The molecule has 12 heteroatoms. The van der Waals surface area contributed by atoms with Crippen molar-refractivity contribution in [1.82, 2.24) is 4.90 Å². The van der Waals surface area contributed by atoms with E-state index in [0.717, 1.165) is 12.1 Å². The standard InChI is InChI=1S/C13H11Cl3F3N3O3/c14-12(15,16)11(23)21-5-3-20(4-6-21)9-2-1-8(13(17,18)19)7-10(9)22(24)25/h1-2,7H,3-6H2. The van der Waals surface area contributed by atoms with Crippen molar-refractivity contribution in [1.29, 1.82) is 0 Å². The summed E-state index contributed by atoms with van der Waals surface area (Å²) in [7, 11) is 0. The first kappa shape index (κ1) is 19.9. The number of hydrogen-bond acceptors (Lipinski definition) is 4. The first-order valence-electron chi connectivity index (χ1n) is 6.88. The molecule has 1 saturated heterocycles. The lowest BCUT2D eigenvalue weighted by atomic mass is 10.1. The van der Waals surface area contributed by atoms with Crippen LogP contribution in [0, 0.1) is 10.1 Å². The second kappa shape index (κ2) is 7.05. The van der Waals surface area contributed by atoms with Gasteiger partial charge >= 0.3 is 6.18 Å². The highest BCUT2D eigenvalue weighted by Crippen LogP contribution is 2.37. The van der Waals surface area contributed by atoms with Gasteiger partial charge < -0.3 is 9.80 Å². The first-order valence-corrected chi connectivity index (χ1v) is 8.01. The van der Waals surface area contributed by atoms with Gasteiger partial charge in [0, 0.05) is 32.2 Å². The van der Waals surface area contributed by atoms with Crippen LogP contribution >= 0.6 is 34.8 Å². The van der Waals surface area contributed by atoms with Gasteiger partial charge in [0.2, 0.25) is 0 Å². The number of carbonyl (C=O) groups is 1. The Hall–Kier alpha value is -1.45. The fourth-order valence-electron chi connectivity index (χ4n) is 2.44. The smallest absolute Gasteiger partial charge is 0.362 e. The molecule has 0 N–H and O–H groups in total. The Morgan fingerprint density at radius 1 is 1.12 bits per heavy atom. The molecule has 0 unspecified atom stereocenters. The zero-order chi connectivity index (χ0) is 19.0. The van der Waals surface area contributed by atoms with E-state index in [-0.39, 0.29) is 31.9 Å². The number of hydrogen-bond donors (Lipinski definition) is 0. The Kier molecular flexibility index (Phi) is 5.60. The molecule has 1 aliphatic heterocycles. The van der Waals surface area contributed by atoms with Crippen LogP contribution in [0.5, 0.6) is 0 Å². The second-order valence-electron chi connectivity index (χ2n) is 5.24. The minimum atomic E-state index is -4.68. The van der Waals surface area contributed by atoms with Crippen LogP contribution < -0.4 is 4.90 Å². The molecule has 0 spiro atoms. The molecular weight excluding hydrogens is 410 g/mol. The van der Waals surface area contributed by atoms with Gasteiger partial charge in [-0.25, -0.2) is 0 Å². The molecule has 0 saturated carbocycles. The van der Waals surface area contributed by atoms with Gasteiger partial charge in [0.05, 0.1) is 10.5 Å². The van der Waals surface area contributed by atoms with E-state index in [4.69, 9.17) is 34.8 Å². The van der Waals surface area contributed by atoms with Crippen LogP contribution in [-0.4, -0.2) is 45.7 Å². The van der Waals surface area contributed by atoms with Crippen molar-refractivity contribution >= 4 is 52.1 Å². The Morgan fingerprint density at radius 2 is 1.68 bits per heavy atom. The number of rotatable bonds is 2. The SMILES string of the molecule is O=C(N1CCN(c2ccc(C(F)(F)F)cc2[N+](=O)[O-])CC1)C(Cl)(Cl)Cl. The lowest BCUT2D eigenvalue weighted by molar-refractivity contribution is -0.384. The molecule has 1 fully saturated rings. The zero-order valence-corrected chi connectivity index (χ0v) is 14.7. The minimum Gasteiger partial charge on any atom is -0.362 e. The summed E-state index contributed by atoms with van der Waals surface area (Å²) in [6.45, 7) is 0.535. The van der Waals surface area contributed by atoms with E-state index < -0.39 is 32.1 Å². The number of amides is 1. The van der Waals surface area contributed by atoms with Crippen molar-refractivity contribution in [2.45, 2.75) is 9.97 Å². The van der Waals surface area contributed by atoms with Crippen molar-refractivity contribution in [3.05, 3.63) is 33.9 Å². The molecule has 1 aliphatic rings. The molecule has 0 radical (unpaired) electrons. The zero-order valence-electron chi connectivity index (χ0n) is 12.4. The molecule has 0 aliphatic carbocycles. The van der Waals surface area contributed by atoms with Crippen molar-refractivity contribution in [3.8, 4) is 0 Å². The highest BCUT2D eigenvalue weighted by molar-refractivity contribution is 6.76. The normalized spacial score (nSPS) is 16.1. The van der Waals surface area contributed by atoms with E-state index in [1.807, 2.05) is 0 Å². The number of benzene rings is 1. The Bertz CT molecular complexity index is 687. The number of carbonyl (C=O) groups excluding carboxylic acids is 1. The maximum Gasteiger partial charge on any atom is 0.416 e. The van der Waals surface area contributed by atoms with E-state index in [1.165, 1.54) is 9.80 Å². The van der Waals surface area contributed by atoms with Crippen LogP contribution in [0.25, 0.3) is 0 Å². The molecule has 1 aromatic rings. The monoisotopic (exact) mass is 419 g/mol. The van der Waals surface area contributed by atoms with Crippen LogP contribution in [0.2, 0.25) is 0 Å². The summed E-state index contributed by atoms with van der Waals surface area (Å²) in [4.78, 5) is 24.9. The summed E-state index contributed by atoms with van der Waals surface area (Å²) in [5.74, 6) is -0.723. The highest BCUT2D eigenvalue weighted by Gasteiger charge is 2.38. The summed E-state index contributed by atoms with van der Waals surface area (Å²) in [5.41, 5.74) is -1.72. The van der Waals surface area contributed by atoms with E-state index >= 15 is 0 Å². The molecule has 0 aromatic heterocycles. The van der Waals surface area contributed by atoms with Crippen LogP contribution in [-0.2, 0) is 11.0 Å². The largest absolute Gasteiger partial charge is 0.416 e. The summed E-state index contributed by atoms with van der Waals surface area (Å²) >= 11 is 16.6. The Morgan fingerprint density at radius 3 is 2.12 bits per heavy atom. The summed E-state index contributed by atoms with van der Waals surface area (Å²) in [6, 6.07) is 2.32. The third-order valence-electron chi connectivity index (χ3n) is 3.65. The third kappa shape index (κ3) is 4.59. The summed E-state index contributed by atoms with van der Waals surface area (Å²) in [6.07, 6.45) is -4.68. The number of halogens is 6. The molecule has 6 nitrogen and oxygen atoms in total. The molecule has 1 heterocycles. The topological polar surface area (TPSA) is 66.7 Å². The third-order valence-corrected chi connectivity index (χ3v) is 4.13. The van der Waals surface area contributed by atoms with Gasteiger partial charge in [-0.05, 0) is 12.1 Å². The van der Waals surface area contributed by atoms with Gasteiger partial charge in [-0.2, -0.15) is 13.2 Å². The number of alkyl halides is 6. The maximum absolute atomic E-state index is 12.7. The summed E-state index contributed by atoms with van der Waals surface area (Å²) in [5, 5.41) is 11.1. The van der Waals surface area contributed by atoms with Gasteiger partial charge in [0.1, 0.15) is 5.69 Å². The minimum absolute atomic E-state index is 0.0407. The number of piperazine rings is 1. The molecule has 138 valence electrons. The average molecular weight is 421 g/mol. The van der Waals surface area contributed by atoms with Crippen LogP contribution in [0.4, 0.5) is 24.5 Å². The van der Waals surface area contributed by atoms with Crippen molar-refractivity contribution in [3.63, 3.8) is 0 Å². The van der Waals surface area contributed by atoms with Gasteiger partial charge in [-0.15, -0.1) is 0 Å². The molecule has 25 heavy (non-hydrogen) atoms. The first-order chi connectivity index (χ1) is 11.4. The number of nitrogens with zero attached hydrogens (tertiary/aromatic N) is 3. The molecule has 1 amide bonds. The fraction of sp³-hybridized carbons (Fsp3) is 0.462. The molecule has 0 atom stereocenters. The van der Waals surface area contributed by atoms with Crippen LogP contribution in [0.15, 0.2) is 18.2 Å². The fourth-order valence-corrected chi connectivity index (χ4v) is 2.80. The molecular formula is C13H11Cl3F3N3O3. The lowest BCUT2D eigenvalue weighted by Crippen LogP contribution is -2.51. The van der Waals surface area contributed by atoms with Gasteiger partial charge in [0.25, 0.3) is 15.4 Å². The van der Waals surface area contributed by atoms with Gasteiger partial charge in [0.15, 0.2) is 0 Å². The van der Waals surface area contributed by atoms with Gasteiger partial charge in [-0.1, -0.05) is 34.8 Å². The van der Waals surface area contributed by atoms with E-state index in [0.29, 0.717) is 6.07 Å². The molecule has 2 rings (SSSR count). The number of nitro benzene ring substituents is 1. The van der Waals surface area contributed by atoms with E-state index in [1.54, 1.807) is 0 Å². The maximum atomic E-state index is 12.7. The van der Waals surface area contributed by atoms with Crippen molar-refractivity contribution in [2.75, 3.05) is 31.1 Å². The Labute approximate surface area is 155 Å². The van der Waals surface area contributed by atoms with Crippen LogP contribution in [0.1, 0.15) is 5.56 Å². The average Bonchev–Trinajstić information content (AvgIpc) is 2.52. The predicted molar refractivity (Wildman–Crippen MR) is 87.2 cm³/mol. The summed E-state index contributed by atoms with van der Waals surface area (Å²) < 4.78 is 36.1. The molecule has 1 aromatic carbocycles. The quantitative estimate of drug-likeness (QED) is 0.416. The lowest BCUT2D eigenvalue weighted by Gasteiger charge is -2.36. The number of nitro groups is 1. The Balaban J connectivity index is 2.21. The van der Waals surface area contributed by atoms with E-state index in [9.17, 15) is 28.1 Å². The van der Waals surface area contributed by atoms with Crippen LogP contribution in [0.3, 0.4) is 0 Å². The predicted octanol–water partition coefficient (Wildman–Crippen LogP) is 3.63. The van der Waals surface area contributed by atoms with E-state index in [2.05, 4.69) is 0 Å².